The van der Waals surface area contributed by atoms with Gasteiger partial charge in [-0.25, -0.2) is 0 Å². The van der Waals surface area contributed by atoms with Gasteiger partial charge in [-0.2, -0.15) is 0 Å². The van der Waals surface area contributed by atoms with Crippen molar-refractivity contribution in [3.05, 3.63) is 23.7 Å². The average Bonchev–Trinajstić information content (AvgIpc) is 2.85. The van der Waals surface area contributed by atoms with Gasteiger partial charge in [0.1, 0.15) is 11.5 Å². The first-order valence-corrected chi connectivity index (χ1v) is 7.67. The van der Waals surface area contributed by atoms with Gasteiger partial charge < -0.3 is 14.8 Å². The Labute approximate surface area is 119 Å². The van der Waals surface area contributed by atoms with Crippen LogP contribution in [0.25, 0.3) is 0 Å². The molecule has 20 heavy (non-hydrogen) atoms. The first kappa shape index (κ1) is 13.7. The lowest BCUT2D eigenvalue weighted by molar-refractivity contribution is -0.142. The zero-order valence-electron chi connectivity index (χ0n) is 12.0. The number of hydrogen-bond donors (Lipinski definition) is 2. The van der Waals surface area contributed by atoms with Gasteiger partial charge in [-0.15, -0.1) is 0 Å². The third-order valence-electron chi connectivity index (χ3n) is 4.84. The Morgan fingerprint density at radius 2 is 2.25 bits per heavy atom. The Morgan fingerprint density at radius 1 is 1.45 bits per heavy atom. The molecule has 2 fully saturated rings. The monoisotopic (exact) mass is 277 g/mol. The van der Waals surface area contributed by atoms with Crippen molar-refractivity contribution in [1.29, 1.82) is 0 Å². The predicted molar refractivity (Wildman–Crippen MR) is 75.4 cm³/mol. The molecule has 2 N–H and O–H groups in total. The minimum Gasteiger partial charge on any atom is -0.481 e. The quantitative estimate of drug-likeness (QED) is 0.839. The maximum absolute atomic E-state index is 11.1. The summed E-state index contributed by atoms with van der Waals surface area (Å²) in [5.74, 6) is 2.92. The van der Waals surface area contributed by atoms with E-state index in [0.717, 1.165) is 43.2 Å². The topological polar surface area (TPSA) is 62.5 Å². The lowest BCUT2D eigenvalue weighted by atomic mass is 9.96. The van der Waals surface area contributed by atoms with Crippen LogP contribution in [0, 0.1) is 17.8 Å². The summed E-state index contributed by atoms with van der Waals surface area (Å²) in [5.41, 5.74) is 0. The third kappa shape index (κ3) is 2.90. The lowest BCUT2D eigenvalue weighted by Gasteiger charge is -2.15. The fraction of sp³-hybridized carbons (Fsp3) is 0.688. The number of furan rings is 1. The van der Waals surface area contributed by atoms with Crippen LogP contribution in [0.5, 0.6) is 0 Å². The van der Waals surface area contributed by atoms with E-state index >= 15 is 0 Å². The molecule has 0 aliphatic heterocycles. The van der Waals surface area contributed by atoms with Crippen molar-refractivity contribution in [2.45, 2.75) is 45.1 Å². The van der Waals surface area contributed by atoms with Crippen LogP contribution < -0.4 is 5.32 Å². The molecule has 0 radical (unpaired) electrons. The summed E-state index contributed by atoms with van der Waals surface area (Å²) in [6.45, 7) is 3.72. The first-order chi connectivity index (χ1) is 9.65. The molecule has 1 aromatic rings. The number of nitrogens with one attached hydrogen (secondary N) is 1. The second-order valence-corrected chi connectivity index (χ2v) is 6.39. The predicted octanol–water partition coefficient (Wildman–Crippen LogP) is 2.99. The number of carboxylic acids is 1. The van der Waals surface area contributed by atoms with Crippen molar-refractivity contribution in [2.75, 3.05) is 6.54 Å². The van der Waals surface area contributed by atoms with E-state index < -0.39 is 5.97 Å². The van der Waals surface area contributed by atoms with E-state index in [2.05, 4.69) is 18.3 Å². The van der Waals surface area contributed by atoms with Crippen molar-refractivity contribution >= 4 is 5.97 Å². The van der Waals surface area contributed by atoms with E-state index in [-0.39, 0.29) is 11.8 Å². The maximum Gasteiger partial charge on any atom is 0.306 e. The molecule has 2 aliphatic rings. The van der Waals surface area contributed by atoms with Crippen LogP contribution in [0.2, 0.25) is 0 Å². The molecule has 0 aromatic carbocycles. The summed E-state index contributed by atoms with van der Waals surface area (Å²) in [6.07, 6.45) is 4.12. The SMILES string of the molecule is CC1CC1c1ccc(CNCC2CCCC2C(=O)O)o1. The molecule has 1 aromatic heterocycles. The summed E-state index contributed by atoms with van der Waals surface area (Å²) in [6, 6.07) is 4.12. The van der Waals surface area contributed by atoms with E-state index in [4.69, 9.17) is 9.52 Å². The Hall–Kier alpha value is -1.29. The molecule has 4 nitrogen and oxygen atoms in total. The van der Waals surface area contributed by atoms with Gasteiger partial charge >= 0.3 is 5.97 Å². The second kappa shape index (κ2) is 5.60. The van der Waals surface area contributed by atoms with Gasteiger partial charge in [0.05, 0.1) is 12.5 Å². The summed E-state index contributed by atoms with van der Waals surface area (Å²) in [7, 11) is 0. The maximum atomic E-state index is 11.1. The molecule has 0 bridgehead atoms. The van der Waals surface area contributed by atoms with Crippen molar-refractivity contribution in [3.8, 4) is 0 Å². The highest BCUT2D eigenvalue weighted by molar-refractivity contribution is 5.70. The highest BCUT2D eigenvalue weighted by atomic mass is 16.4. The Bertz CT molecular complexity index is 482. The van der Waals surface area contributed by atoms with Crippen LogP contribution in [0.3, 0.4) is 0 Å². The molecule has 110 valence electrons. The van der Waals surface area contributed by atoms with Crippen LogP contribution >= 0.6 is 0 Å². The molecule has 0 spiro atoms. The molecule has 1 heterocycles. The minimum atomic E-state index is -0.641. The van der Waals surface area contributed by atoms with Gasteiger partial charge in [-0.1, -0.05) is 13.3 Å². The minimum absolute atomic E-state index is 0.165. The molecule has 4 unspecified atom stereocenters. The zero-order chi connectivity index (χ0) is 14.1. The molecule has 2 aliphatic carbocycles. The van der Waals surface area contributed by atoms with E-state index in [0.29, 0.717) is 12.5 Å². The van der Waals surface area contributed by atoms with Gasteiger partial charge in [-0.05, 0) is 49.8 Å². The van der Waals surface area contributed by atoms with Crippen molar-refractivity contribution < 1.29 is 14.3 Å². The van der Waals surface area contributed by atoms with Crippen LogP contribution in [0.15, 0.2) is 16.5 Å². The largest absolute Gasteiger partial charge is 0.481 e. The number of hydrogen-bond acceptors (Lipinski definition) is 3. The van der Waals surface area contributed by atoms with Crippen molar-refractivity contribution in [2.24, 2.45) is 17.8 Å². The van der Waals surface area contributed by atoms with Gasteiger partial charge in [0, 0.05) is 5.92 Å². The molecular formula is C16H23NO3. The highest BCUT2D eigenvalue weighted by Crippen LogP contribution is 2.47. The number of aliphatic carboxylic acids is 1. The van der Waals surface area contributed by atoms with Crippen LogP contribution in [-0.4, -0.2) is 17.6 Å². The van der Waals surface area contributed by atoms with Crippen LogP contribution in [-0.2, 0) is 11.3 Å². The fourth-order valence-corrected chi connectivity index (χ4v) is 3.39. The number of rotatable bonds is 6. The molecular weight excluding hydrogens is 254 g/mol. The number of carbonyl (C=O) groups is 1. The third-order valence-corrected chi connectivity index (χ3v) is 4.84. The van der Waals surface area contributed by atoms with Crippen molar-refractivity contribution in [1.82, 2.24) is 5.32 Å². The highest BCUT2D eigenvalue weighted by Gasteiger charge is 2.36. The van der Waals surface area contributed by atoms with E-state index in [9.17, 15) is 4.79 Å². The van der Waals surface area contributed by atoms with Crippen LogP contribution in [0.1, 0.15) is 50.0 Å². The first-order valence-electron chi connectivity index (χ1n) is 7.67. The summed E-state index contributed by atoms with van der Waals surface area (Å²) in [4.78, 5) is 11.1. The zero-order valence-corrected chi connectivity index (χ0v) is 12.0. The van der Waals surface area contributed by atoms with E-state index in [1.165, 1.54) is 6.42 Å². The van der Waals surface area contributed by atoms with Crippen LogP contribution in [0.4, 0.5) is 0 Å². The lowest BCUT2D eigenvalue weighted by Crippen LogP contribution is -2.28. The summed E-state index contributed by atoms with van der Waals surface area (Å²) < 4.78 is 5.84. The second-order valence-electron chi connectivity index (χ2n) is 6.39. The van der Waals surface area contributed by atoms with E-state index in [1.807, 2.05) is 6.07 Å². The molecule has 4 heteroatoms. The molecule has 0 amide bonds. The van der Waals surface area contributed by atoms with Gasteiger partial charge in [0.2, 0.25) is 0 Å². The Morgan fingerprint density at radius 3 is 2.95 bits per heavy atom. The fourth-order valence-electron chi connectivity index (χ4n) is 3.39. The summed E-state index contributed by atoms with van der Waals surface area (Å²) >= 11 is 0. The summed E-state index contributed by atoms with van der Waals surface area (Å²) in [5, 5.41) is 12.5. The molecule has 3 rings (SSSR count). The van der Waals surface area contributed by atoms with Gasteiger partial charge in [0.15, 0.2) is 0 Å². The standard InChI is InChI=1S/C16H23NO3/c1-10-7-14(10)15-6-5-12(20-15)9-17-8-11-3-2-4-13(11)16(18)19/h5-6,10-11,13-14,17H,2-4,7-9H2,1H3,(H,18,19). The average molecular weight is 277 g/mol. The Kier molecular flexibility index (Phi) is 3.83. The normalized spacial score (nSPS) is 32.5. The molecule has 2 saturated carbocycles. The smallest absolute Gasteiger partial charge is 0.306 e. The Balaban J connectivity index is 1.45. The van der Waals surface area contributed by atoms with Gasteiger partial charge in [-0.3, -0.25) is 4.79 Å². The molecule has 4 atom stereocenters. The van der Waals surface area contributed by atoms with E-state index in [1.54, 1.807) is 0 Å². The molecule has 0 saturated heterocycles. The van der Waals surface area contributed by atoms with Crippen molar-refractivity contribution in [3.63, 3.8) is 0 Å². The van der Waals surface area contributed by atoms with Gasteiger partial charge in [0.25, 0.3) is 0 Å². The number of carboxylic acid groups (broad SMARTS) is 1.